The largest absolute Gasteiger partial charge is 0.478 e. The van der Waals surface area contributed by atoms with E-state index >= 15 is 0 Å². The van der Waals surface area contributed by atoms with Gasteiger partial charge in [-0.15, -0.1) is 0 Å². The highest BCUT2D eigenvalue weighted by atomic mass is 16.4. The van der Waals surface area contributed by atoms with Crippen LogP contribution in [-0.2, 0) is 0 Å². The first-order chi connectivity index (χ1) is 7.68. The molecule has 1 aliphatic rings. The molecule has 3 N–H and O–H groups in total. The predicted molar refractivity (Wildman–Crippen MR) is 62.8 cm³/mol. The van der Waals surface area contributed by atoms with E-state index in [1.807, 2.05) is 12.1 Å². The number of piperidine rings is 1. The summed E-state index contributed by atoms with van der Waals surface area (Å²) in [5.74, 6) is -0.880. The standard InChI is InChI=1S/C12H16N2O2/c13-9-4-3-7-14(8-9)11-6-2-1-5-10(11)12(15)16/h1-2,5-6,9H,3-4,7-8,13H2,(H,15,16). The fourth-order valence-corrected chi connectivity index (χ4v) is 2.16. The topological polar surface area (TPSA) is 66.6 Å². The van der Waals surface area contributed by atoms with Crippen LogP contribution in [0.3, 0.4) is 0 Å². The Balaban J connectivity index is 2.28. The van der Waals surface area contributed by atoms with E-state index in [-0.39, 0.29) is 6.04 Å². The third-order valence-corrected chi connectivity index (χ3v) is 2.93. The van der Waals surface area contributed by atoms with Crippen molar-refractivity contribution in [2.45, 2.75) is 18.9 Å². The molecule has 0 amide bonds. The number of anilines is 1. The minimum absolute atomic E-state index is 0.149. The molecule has 1 aromatic carbocycles. The molecule has 1 aromatic rings. The zero-order chi connectivity index (χ0) is 11.5. The summed E-state index contributed by atoms with van der Waals surface area (Å²) in [6, 6.07) is 7.24. The van der Waals surface area contributed by atoms with Gasteiger partial charge in [-0.1, -0.05) is 12.1 Å². The number of nitrogens with two attached hydrogens (primary N) is 1. The highest BCUT2D eigenvalue weighted by molar-refractivity contribution is 5.94. The van der Waals surface area contributed by atoms with Gasteiger partial charge < -0.3 is 15.7 Å². The van der Waals surface area contributed by atoms with Gasteiger partial charge in [0.2, 0.25) is 0 Å². The first-order valence-electron chi connectivity index (χ1n) is 5.51. The summed E-state index contributed by atoms with van der Waals surface area (Å²) in [5.41, 5.74) is 7.04. The van der Waals surface area contributed by atoms with Gasteiger partial charge in [0.05, 0.1) is 11.3 Å². The summed E-state index contributed by atoms with van der Waals surface area (Å²) >= 11 is 0. The van der Waals surface area contributed by atoms with Crippen LogP contribution in [0.4, 0.5) is 5.69 Å². The van der Waals surface area contributed by atoms with Gasteiger partial charge >= 0.3 is 5.97 Å². The monoisotopic (exact) mass is 220 g/mol. The summed E-state index contributed by atoms with van der Waals surface area (Å²) < 4.78 is 0. The molecular weight excluding hydrogens is 204 g/mol. The van der Waals surface area contributed by atoms with Gasteiger partial charge in [-0.3, -0.25) is 0 Å². The smallest absolute Gasteiger partial charge is 0.337 e. The van der Waals surface area contributed by atoms with E-state index in [9.17, 15) is 4.79 Å². The van der Waals surface area contributed by atoms with Crippen molar-refractivity contribution in [1.82, 2.24) is 0 Å². The molecule has 0 saturated carbocycles. The molecule has 1 saturated heterocycles. The number of hydrogen-bond acceptors (Lipinski definition) is 3. The highest BCUT2D eigenvalue weighted by Crippen LogP contribution is 2.23. The summed E-state index contributed by atoms with van der Waals surface area (Å²) in [4.78, 5) is 13.2. The molecule has 0 bridgehead atoms. The van der Waals surface area contributed by atoms with Crippen LogP contribution in [0.5, 0.6) is 0 Å². The predicted octanol–water partition coefficient (Wildman–Crippen LogP) is 1.31. The Morgan fingerprint density at radius 1 is 1.44 bits per heavy atom. The lowest BCUT2D eigenvalue weighted by atomic mass is 10.0. The Kier molecular flexibility index (Phi) is 3.10. The van der Waals surface area contributed by atoms with Crippen molar-refractivity contribution < 1.29 is 9.90 Å². The third kappa shape index (κ3) is 2.17. The van der Waals surface area contributed by atoms with Crippen molar-refractivity contribution >= 4 is 11.7 Å². The van der Waals surface area contributed by atoms with Gasteiger partial charge in [0.25, 0.3) is 0 Å². The molecular formula is C12H16N2O2. The molecule has 0 radical (unpaired) electrons. The minimum Gasteiger partial charge on any atom is -0.478 e. The number of hydrogen-bond donors (Lipinski definition) is 2. The van der Waals surface area contributed by atoms with Crippen LogP contribution in [0.2, 0.25) is 0 Å². The van der Waals surface area contributed by atoms with Gasteiger partial charge in [-0.2, -0.15) is 0 Å². The highest BCUT2D eigenvalue weighted by Gasteiger charge is 2.20. The number of carboxylic acids is 1. The summed E-state index contributed by atoms with van der Waals surface area (Å²) in [6.07, 6.45) is 2.04. The lowest BCUT2D eigenvalue weighted by Gasteiger charge is -2.33. The maximum absolute atomic E-state index is 11.1. The Morgan fingerprint density at radius 3 is 2.88 bits per heavy atom. The van der Waals surface area contributed by atoms with Crippen LogP contribution in [0.15, 0.2) is 24.3 Å². The second-order valence-corrected chi connectivity index (χ2v) is 4.17. The molecule has 0 aliphatic carbocycles. The van der Waals surface area contributed by atoms with Crippen LogP contribution < -0.4 is 10.6 Å². The fourth-order valence-electron chi connectivity index (χ4n) is 2.16. The van der Waals surface area contributed by atoms with Crippen molar-refractivity contribution in [3.05, 3.63) is 29.8 Å². The van der Waals surface area contributed by atoms with Crippen LogP contribution in [0.1, 0.15) is 23.2 Å². The SMILES string of the molecule is NC1CCCN(c2ccccc2C(=O)O)C1. The van der Waals surface area contributed by atoms with E-state index in [0.717, 1.165) is 31.6 Å². The zero-order valence-corrected chi connectivity index (χ0v) is 9.10. The normalized spacial score (nSPS) is 20.8. The Hall–Kier alpha value is -1.55. The number of nitrogens with zero attached hydrogens (tertiary/aromatic N) is 1. The molecule has 0 spiro atoms. The van der Waals surface area contributed by atoms with Crippen molar-refractivity contribution in [3.8, 4) is 0 Å². The molecule has 1 fully saturated rings. The fraction of sp³-hybridized carbons (Fsp3) is 0.417. The first kappa shape index (κ1) is 11.0. The number of para-hydroxylation sites is 1. The van der Waals surface area contributed by atoms with Crippen LogP contribution in [-0.4, -0.2) is 30.2 Å². The van der Waals surface area contributed by atoms with Crippen LogP contribution >= 0.6 is 0 Å². The average Bonchev–Trinajstić information content (AvgIpc) is 2.29. The molecule has 1 heterocycles. The summed E-state index contributed by atoms with van der Waals surface area (Å²) in [5, 5.41) is 9.10. The van der Waals surface area contributed by atoms with Crippen LogP contribution in [0, 0.1) is 0 Å². The van der Waals surface area contributed by atoms with Gasteiger partial charge in [0.1, 0.15) is 0 Å². The molecule has 86 valence electrons. The minimum atomic E-state index is -0.880. The van der Waals surface area contributed by atoms with Crippen LogP contribution in [0.25, 0.3) is 0 Å². The van der Waals surface area contributed by atoms with E-state index in [2.05, 4.69) is 4.90 Å². The average molecular weight is 220 g/mol. The molecule has 4 heteroatoms. The van der Waals surface area contributed by atoms with Crippen molar-refractivity contribution in [2.75, 3.05) is 18.0 Å². The van der Waals surface area contributed by atoms with Crippen molar-refractivity contribution in [1.29, 1.82) is 0 Å². The number of aromatic carboxylic acids is 1. The lowest BCUT2D eigenvalue weighted by Crippen LogP contribution is -2.43. The Bertz CT molecular complexity index is 392. The molecule has 4 nitrogen and oxygen atoms in total. The molecule has 1 aliphatic heterocycles. The van der Waals surface area contributed by atoms with E-state index in [1.54, 1.807) is 12.1 Å². The van der Waals surface area contributed by atoms with Gasteiger partial charge in [0.15, 0.2) is 0 Å². The number of carbonyl (C=O) groups is 1. The molecule has 1 unspecified atom stereocenters. The van der Waals surface area contributed by atoms with Gasteiger partial charge in [0, 0.05) is 19.1 Å². The van der Waals surface area contributed by atoms with E-state index in [1.165, 1.54) is 0 Å². The summed E-state index contributed by atoms with van der Waals surface area (Å²) in [6.45, 7) is 1.63. The Labute approximate surface area is 94.7 Å². The van der Waals surface area contributed by atoms with Crippen molar-refractivity contribution in [3.63, 3.8) is 0 Å². The summed E-state index contributed by atoms with van der Waals surface area (Å²) in [7, 11) is 0. The molecule has 1 atom stereocenters. The first-order valence-corrected chi connectivity index (χ1v) is 5.51. The second-order valence-electron chi connectivity index (χ2n) is 4.17. The third-order valence-electron chi connectivity index (χ3n) is 2.93. The number of rotatable bonds is 2. The maximum atomic E-state index is 11.1. The Morgan fingerprint density at radius 2 is 2.19 bits per heavy atom. The van der Waals surface area contributed by atoms with E-state index < -0.39 is 5.97 Å². The van der Waals surface area contributed by atoms with Gasteiger partial charge in [-0.25, -0.2) is 4.79 Å². The van der Waals surface area contributed by atoms with Crippen molar-refractivity contribution in [2.24, 2.45) is 5.73 Å². The molecule has 16 heavy (non-hydrogen) atoms. The van der Waals surface area contributed by atoms with E-state index in [4.69, 9.17) is 10.8 Å². The van der Waals surface area contributed by atoms with E-state index in [0.29, 0.717) is 5.56 Å². The molecule has 0 aromatic heterocycles. The second kappa shape index (κ2) is 4.53. The zero-order valence-electron chi connectivity index (χ0n) is 9.10. The quantitative estimate of drug-likeness (QED) is 0.788. The maximum Gasteiger partial charge on any atom is 0.337 e. The number of benzene rings is 1. The van der Waals surface area contributed by atoms with Gasteiger partial charge in [-0.05, 0) is 25.0 Å². The lowest BCUT2D eigenvalue weighted by molar-refractivity contribution is 0.0697. The molecule has 2 rings (SSSR count). The number of carboxylic acid groups (broad SMARTS) is 1.